The standard InChI is InChI=1S/C24H31N3O3/c1-14(2)27(3)22(28)20-16-6-5-15(13-16)19(20)21-25-23(26-30-21)24(11-12-24)17-7-9-18(29-4)10-8-17/h7-10,14-16,19-20H,5-6,11-13H2,1-4H3/t15-,16+,19+,20+/m1/s1. The number of carbonyl (C=O) groups is 1. The van der Waals surface area contributed by atoms with Gasteiger partial charge in [-0.3, -0.25) is 4.79 Å². The van der Waals surface area contributed by atoms with Crippen molar-refractivity contribution >= 4 is 5.91 Å². The summed E-state index contributed by atoms with van der Waals surface area (Å²) < 4.78 is 11.2. The fourth-order valence-electron chi connectivity index (χ4n) is 5.73. The second-order valence-electron chi connectivity index (χ2n) is 9.69. The molecule has 0 spiro atoms. The lowest BCUT2D eigenvalue weighted by atomic mass is 9.78. The molecule has 1 heterocycles. The number of rotatable bonds is 6. The van der Waals surface area contributed by atoms with Crippen molar-refractivity contribution in [3.8, 4) is 5.75 Å². The second kappa shape index (κ2) is 7.10. The number of benzene rings is 1. The first kappa shape index (κ1) is 19.6. The summed E-state index contributed by atoms with van der Waals surface area (Å²) in [6, 6.07) is 8.37. The molecule has 2 aromatic rings. The van der Waals surface area contributed by atoms with Gasteiger partial charge in [0.05, 0.1) is 24.4 Å². The first-order valence-electron chi connectivity index (χ1n) is 11.2. The van der Waals surface area contributed by atoms with Gasteiger partial charge in [-0.25, -0.2) is 0 Å². The van der Waals surface area contributed by atoms with E-state index in [4.69, 9.17) is 14.2 Å². The van der Waals surface area contributed by atoms with Crippen LogP contribution in [0.4, 0.5) is 0 Å². The third-order valence-corrected chi connectivity index (χ3v) is 7.87. The molecule has 0 unspecified atom stereocenters. The van der Waals surface area contributed by atoms with Crippen LogP contribution in [-0.2, 0) is 10.2 Å². The van der Waals surface area contributed by atoms with Crippen LogP contribution in [0.1, 0.15) is 69.1 Å². The number of aromatic nitrogens is 2. The van der Waals surface area contributed by atoms with Gasteiger partial charge in [-0.05, 0) is 75.5 Å². The maximum Gasteiger partial charge on any atom is 0.230 e. The number of nitrogens with zero attached hydrogens (tertiary/aromatic N) is 3. The number of amides is 1. The first-order valence-corrected chi connectivity index (χ1v) is 11.2. The van der Waals surface area contributed by atoms with Crippen molar-refractivity contribution in [2.24, 2.45) is 17.8 Å². The molecule has 0 N–H and O–H groups in total. The molecule has 3 aliphatic rings. The Hall–Kier alpha value is -2.37. The Morgan fingerprint density at radius 3 is 2.53 bits per heavy atom. The number of hydrogen-bond acceptors (Lipinski definition) is 5. The van der Waals surface area contributed by atoms with Gasteiger partial charge in [-0.1, -0.05) is 17.3 Å². The zero-order valence-corrected chi connectivity index (χ0v) is 18.3. The van der Waals surface area contributed by atoms with Crippen LogP contribution in [0.2, 0.25) is 0 Å². The summed E-state index contributed by atoms with van der Waals surface area (Å²) in [6.07, 6.45) is 5.45. The van der Waals surface area contributed by atoms with Crippen molar-refractivity contribution in [1.29, 1.82) is 0 Å². The Balaban J connectivity index is 1.43. The predicted molar refractivity (Wildman–Crippen MR) is 112 cm³/mol. The van der Waals surface area contributed by atoms with Crippen LogP contribution < -0.4 is 4.74 Å². The molecule has 1 aromatic carbocycles. The molecular weight excluding hydrogens is 378 g/mol. The Morgan fingerprint density at radius 1 is 1.20 bits per heavy atom. The molecule has 3 saturated carbocycles. The van der Waals surface area contributed by atoms with E-state index < -0.39 is 0 Å². The summed E-state index contributed by atoms with van der Waals surface area (Å²) in [5, 5.41) is 4.43. The second-order valence-corrected chi connectivity index (χ2v) is 9.69. The van der Waals surface area contributed by atoms with Crippen LogP contribution in [0.5, 0.6) is 5.75 Å². The van der Waals surface area contributed by atoms with E-state index in [0.29, 0.717) is 17.7 Å². The molecule has 0 aliphatic heterocycles. The Morgan fingerprint density at radius 2 is 1.90 bits per heavy atom. The minimum absolute atomic E-state index is 0.0272. The summed E-state index contributed by atoms with van der Waals surface area (Å²) in [4.78, 5) is 20.1. The van der Waals surface area contributed by atoms with Crippen molar-refractivity contribution in [2.75, 3.05) is 14.2 Å². The third-order valence-electron chi connectivity index (χ3n) is 7.87. The highest BCUT2D eigenvalue weighted by Gasteiger charge is 2.56. The highest BCUT2D eigenvalue weighted by Crippen LogP contribution is 2.58. The van der Waals surface area contributed by atoms with Crippen molar-refractivity contribution in [3.05, 3.63) is 41.5 Å². The molecule has 0 saturated heterocycles. The number of hydrogen-bond donors (Lipinski definition) is 0. The maximum atomic E-state index is 13.3. The van der Waals surface area contributed by atoms with E-state index in [9.17, 15) is 4.79 Å². The molecular formula is C24H31N3O3. The zero-order chi connectivity index (χ0) is 21.0. The molecule has 0 radical (unpaired) electrons. The lowest BCUT2D eigenvalue weighted by molar-refractivity contribution is -0.138. The fraction of sp³-hybridized carbons (Fsp3) is 0.625. The first-order chi connectivity index (χ1) is 14.4. The van der Waals surface area contributed by atoms with Gasteiger partial charge in [0, 0.05) is 13.1 Å². The van der Waals surface area contributed by atoms with Gasteiger partial charge in [-0.2, -0.15) is 4.98 Å². The molecule has 3 fully saturated rings. The fourth-order valence-corrected chi connectivity index (χ4v) is 5.73. The van der Waals surface area contributed by atoms with Crippen LogP contribution in [-0.4, -0.2) is 41.1 Å². The van der Waals surface area contributed by atoms with Crippen molar-refractivity contribution in [2.45, 2.75) is 63.3 Å². The zero-order valence-electron chi connectivity index (χ0n) is 18.3. The van der Waals surface area contributed by atoms with Gasteiger partial charge in [-0.15, -0.1) is 0 Å². The summed E-state index contributed by atoms with van der Waals surface area (Å²) >= 11 is 0. The SMILES string of the molecule is COc1ccc(C2(c3noc([C@H]4[C@@H]5CC[C@@H](C5)[C@@H]4C(=O)N(C)C(C)C)n3)CC2)cc1. The average molecular weight is 410 g/mol. The van der Waals surface area contributed by atoms with Gasteiger partial charge in [0.15, 0.2) is 5.82 Å². The van der Waals surface area contributed by atoms with Crippen LogP contribution in [0, 0.1) is 17.8 Å². The van der Waals surface area contributed by atoms with E-state index in [1.165, 1.54) is 5.56 Å². The maximum absolute atomic E-state index is 13.3. The normalized spacial score (nSPS) is 28.7. The van der Waals surface area contributed by atoms with Gasteiger partial charge in [0.25, 0.3) is 0 Å². The molecule has 2 bridgehead atoms. The van der Waals surface area contributed by atoms with Crippen LogP contribution in [0.25, 0.3) is 0 Å². The lowest BCUT2D eigenvalue weighted by Gasteiger charge is -2.32. The number of fused-ring (bicyclic) bond motifs is 2. The minimum atomic E-state index is -0.153. The Bertz CT molecular complexity index is 931. The number of carbonyl (C=O) groups excluding carboxylic acids is 1. The quantitative estimate of drug-likeness (QED) is 0.717. The predicted octanol–water partition coefficient (Wildman–Crippen LogP) is 4.15. The van der Waals surface area contributed by atoms with Crippen molar-refractivity contribution in [1.82, 2.24) is 15.0 Å². The van der Waals surface area contributed by atoms with E-state index in [0.717, 1.165) is 43.7 Å². The molecule has 1 amide bonds. The van der Waals surface area contributed by atoms with E-state index in [1.54, 1.807) is 7.11 Å². The topological polar surface area (TPSA) is 68.5 Å². The van der Waals surface area contributed by atoms with Crippen LogP contribution in [0.15, 0.2) is 28.8 Å². The van der Waals surface area contributed by atoms with Gasteiger partial charge in [0.1, 0.15) is 5.75 Å². The summed E-state index contributed by atoms with van der Waals surface area (Å²) in [5.41, 5.74) is 1.05. The van der Waals surface area contributed by atoms with Gasteiger partial charge >= 0.3 is 0 Å². The molecule has 5 rings (SSSR count). The molecule has 30 heavy (non-hydrogen) atoms. The molecule has 6 nitrogen and oxygen atoms in total. The molecule has 1 aromatic heterocycles. The molecule has 160 valence electrons. The Kier molecular flexibility index (Phi) is 4.64. The van der Waals surface area contributed by atoms with Gasteiger partial charge < -0.3 is 14.2 Å². The monoisotopic (exact) mass is 409 g/mol. The van der Waals surface area contributed by atoms with Gasteiger partial charge in [0.2, 0.25) is 11.8 Å². The molecule has 4 atom stereocenters. The summed E-state index contributed by atoms with van der Waals surface area (Å²) in [5.74, 6) is 3.49. The number of ether oxygens (including phenoxy) is 1. The van der Waals surface area contributed by atoms with E-state index >= 15 is 0 Å². The highest BCUT2D eigenvalue weighted by molar-refractivity contribution is 5.80. The summed E-state index contributed by atoms with van der Waals surface area (Å²) in [7, 11) is 3.59. The smallest absolute Gasteiger partial charge is 0.230 e. The van der Waals surface area contributed by atoms with E-state index in [1.807, 2.05) is 24.1 Å². The van der Waals surface area contributed by atoms with E-state index in [2.05, 4.69) is 31.1 Å². The number of methoxy groups -OCH3 is 1. The van der Waals surface area contributed by atoms with Crippen LogP contribution in [0.3, 0.4) is 0 Å². The third kappa shape index (κ3) is 2.95. The van der Waals surface area contributed by atoms with Crippen LogP contribution >= 0.6 is 0 Å². The highest BCUT2D eigenvalue weighted by atomic mass is 16.5. The summed E-state index contributed by atoms with van der Waals surface area (Å²) in [6.45, 7) is 4.13. The Labute approximate surface area is 178 Å². The van der Waals surface area contributed by atoms with Crippen molar-refractivity contribution < 1.29 is 14.1 Å². The molecule has 3 aliphatic carbocycles. The average Bonchev–Trinajstić information content (AvgIpc) is 3.11. The molecule has 6 heteroatoms. The van der Waals surface area contributed by atoms with E-state index in [-0.39, 0.29) is 29.2 Å². The lowest BCUT2D eigenvalue weighted by Crippen LogP contribution is -2.42. The minimum Gasteiger partial charge on any atom is -0.497 e. The largest absolute Gasteiger partial charge is 0.497 e. The van der Waals surface area contributed by atoms with Crippen molar-refractivity contribution in [3.63, 3.8) is 0 Å².